The molecule has 0 saturated heterocycles. The zero-order chi connectivity index (χ0) is 15.3. The smallest absolute Gasteiger partial charge is 0.124 e. The van der Waals surface area contributed by atoms with Crippen molar-refractivity contribution >= 4 is 0 Å². The van der Waals surface area contributed by atoms with Crippen molar-refractivity contribution in [3.63, 3.8) is 0 Å². The molecule has 0 aliphatic carbocycles. The molecule has 2 rings (SSSR count). The summed E-state index contributed by atoms with van der Waals surface area (Å²) in [5.41, 5.74) is 7.95. The summed E-state index contributed by atoms with van der Waals surface area (Å²) < 4.78 is 11.1. The maximum Gasteiger partial charge on any atom is 0.124 e. The van der Waals surface area contributed by atoms with E-state index in [0.717, 1.165) is 29.0 Å². The molecule has 0 radical (unpaired) electrons. The lowest BCUT2D eigenvalue weighted by Gasteiger charge is -2.28. The summed E-state index contributed by atoms with van der Waals surface area (Å²) in [5.74, 6) is 1.64. The Kier molecular flexibility index (Phi) is 4.86. The largest absolute Gasteiger partial charge is 0.497 e. The number of para-hydroxylation sites is 1. The predicted molar refractivity (Wildman–Crippen MR) is 85.9 cm³/mol. The fourth-order valence-corrected chi connectivity index (χ4v) is 2.34. The number of nitrogens with two attached hydrogens (primary N) is 1. The molecular weight excluding hydrogens is 262 g/mol. The standard InChI is InChI=1S/C18H23NO2/c1-4-12-21-17-11-6-5-10-16(17)18(2,19)14-8-7-9-15(13-14)20-3/h5-11,13H,4,12,19H2,1-3H3. The summed E-state index contributed by atoms with van der Waals surface area (Å²) in [7, 11) is 1.66. The van der Waals surface area contributed by atoms with Gasteiger partial charge in [-0.2, -0.15) is 0 Å². The number of rotatable bonds is 6. The molecule has 2 aromatic rings. The molecule has 0 bridgehead atoms. The Morgan fingerprint density at radius 3 is 2.57 bits per heavy atom. The van der Waals surface area contributed by atoms with Crippen LogP contribution in [0.4, 0.5) is 0 Å². The molecule has 2 N–H and O–H groups in total. The van der Waals surface area contributed by atoms with E-state index in [1.807, 2.05) is 55.5 Å². The molecule has 3 nitrogen and oxygen atoms in total. The van der Waals surface area contributed by atoms with E-state index in [1.165, 1.54) is 0 Å². The molecule has 0 saturated carbocycles. The van der Waals surface area contributed by atoms with E-state index in [-0.39, 0.29) is 0 Å². The number of methoxy groups -OCH3 is 1. The third-order valence-electron chi connectivity index (χ3n) is 3.58. The third-order valence-corrected chi connectivity index (χ3v) is 3.58. The van der Waals surface area contributed by atoms with Crippen LogP contribution in [0.3, 0.4) is 0 Å². The fourth-order valence-electron chi connectivity index (χ4n) is 2.34. The highest BCUT2D eigenvalue weighted by molar-refractivity contribution is 5.47. The summed E-state index contributed by atoms with van der Waals surface area (Å²) in [4.78, 5) is 0. The third kappa shape index (κ3) is 3.37. The number of benzene rings is 2. The Hall–Kier alpha value is -2.00. The van der Waals surface area contributed by atoms with Crippen LogP contribution < -0.4 is 15.2 Å². The van der Waals surface area contributed by atoms with Gasteiger partial charge in [-0.1, -0.05) is 37.3 Å². The van der Waals surface area contributed by atoms with Gasteiger partial charge in [-0.25, -0.2) is 0 Å². The lowest BCUT2D eigenvalue weighted by atomic mass is 9.85. The van der Waals surface area contributed by atoms with E-state index in [9.17, 15) is 0 Å². The minimum absolute atomic E-state index is 0.640. The van der Waals surface area contributed by atoms with E-state index in [0.29, 0.717) is 6.61 Å². The van der Waals surface area contributed by atoms with Crippen LogP contribution in [0.1, 0.15) is 31.4 Å². The van der Waals surface area contributed by atoms with Gasteiger partial charge >= 0.3 is 0 Å². The van der Waals surface area contributed by atoms with Crippen molar-refractivity contribution in [1.82, 2.24) is 0 Å². The molecule has 1 atom stereocenters. The van der Waals surface area contributed by atoms with Gasteiger partial charge in [-0.05, 0) is 37.1 Å². The topological polar surface area (TPSA) is 44.5 Å². The molecule has 0 aliphatic heterocycles. The van der Waals surface area contributed by atoms with Gasteiger partial charge in [-0.3, -0.25) is 0 Å². The highest BCUT2D eigenvalue weighted by Crippen LogP contribution is 2.34. The van der Waals surface area contributed by atoms with Crippen LogP contribution in [-0.2, 0) is 5.54 Å². The van der Waals surface area contributed by atoms with Crippen molar-refractivity contribution in [2.24, 2.45) is 5.73 Å². The second-order valence-electron chi connectivity index (χ2n) is 5.28. The van der Waals surface area contributed by atoms with Gasteiger partial charge in [0.15, 0.2) is 0 Å². The van der Waals surface area contributed by atoms with Crippen LogP contribution >= 0.6 is 0 Å². The second-order valence-corrected chi connectivity index (χ2v) is 5.28. The Morgan fingerprint density at radius 2 is 1.86 bits per heavy atom. The lowest BCUT2D eigenvalue weighted by Crippen LogP contribution is -2.34. The first-order chi connectivity index (χ1) is 10.1. The maximum atomic E-state index is 6.62. The van der Waals surface area contributed by atoms with Crippen molar-refractivity contribution in [3.8, 4) is 11.5 Å². The van der Waals surface area contributed by atoms with E-state index in [4.69, 9.17) is 15.2 Å². The van der Waals surface area contributed by atoms with Crippen molar-refractivity contribution in [2.75, 3.05) is 13.7 Å². The van der Waals surface area contributed by atoms with E-state index >= 15 is 0 Å². The normalized spacial score (nSPS) is 13.5. The van der Waals surface area contributed by atoms with Gasteiger partial charge in [-0.15, -0.1) is 0 Å². The molecule has 0 aliphatic rings. The van der Waals surface area contributed by atoms with Crippen LogP contribution in [0.15, 0.2) is 48.5 Å². The molecule has 0 amide bonds. The maximum absolute atomic E-state index is 6.62. The summed E-state index contributed by atoms with van der Waals surface area (Å²) in [6.07, 6.45) is 0.967. The van der Waals surface area contributed by atoms with Gasteiger partial charge in [0.25, 0.3) is 0 Å². The average molecular weight is 285 g/mol. The summed E-state index contributed by atoms with van der Waals surface area (Å²) in [6.45, 7) is 4.77. The first-order valence-corrected chi connectivity index (χ1v) is 7.25. The summed E-state index contributed by atoms with van der Waals surface area (Å²) in [5, 5.41) is 0. The monoisotopic (exact) mass is 285 g/mol. The minimum atomic E-state index is -0.640. The Labute approximate surface area is 126 Å². The van der Waals surface area contributed by atoms with Gasteiger partial charge in [0.2, 0.25) is 0 Å². The molecule has 2 aromatic carbocycles. The lowest BCUT2D eigenvalue weighted by molar-refractivity contribution is 0.309. The van der Waals surface area contributed by atoms with E-state index in [2.05, 4.69) is 6.92 Å². The molecule has 3 heteroatoms. The first kappa shape index (κ1) is 15.4. The molecular formula is C18H23NO2. The minimum Gasteiger partial charge on any atom is -0.497 e. The van der Waals surface area contributed by atoms with Crippen LogP contribution in [0.2, 0.25) is 0 Å². The molecule has 0 heterocycles. The number of ether oxygens (including phenoxy) is 2. The van der Waals surface area contributed by atoms with Gasteiger partial charge in [0, 0.05) is 5.56 Å². The SMILES string of the molecule is CCCOc1ccccc1C(C)(N)c1cccc(OC)c1. The van der Waals surface area contributed by atoms with Crippen molar-refractivity contribution in [3.05, 3.63) is 59.7 Å². The molecule has 0 fully saturated rings. The van der Waals surface area contributed by atoms with Crippen LogP contribution in [-0.4, -0.2) is 13.7 Å². The first-order valence-electron chi connectivity index (χ1n) is 7.25. The Morgan fingerprint density at radius 1 is 1.10 bits per heavy atom. The molecule has 0 spiro atoms. The van der Waals surface area contributed by atoms with E-state index in [1.54, 1.807) is 7.11 Å². The fraction of sp³-hybridized carbons (Fsp3) is 0.333. The van der Waals surface area contributed by atoms with Crippen LogP contribution in [0, 0.1) is 0 Å². The Balaban J connectivity index is 2.42. The van der Waals surface area contributed by atoms with Gasteiger partial charge in [0.05, 0.1) is 19.3 Å². The Bertz CT molecular complexity index is 593. The highest BCUT2D eigenvalue weighted by atomic mass is 16.5. The predicted octanol–water partition coefficient (Wildman–Crippen LogP) is 3.71. The zero-order valence-corrected chi connectivity index (χ0v) is 12.9. The van der Waals surface area contributed by atoms with Crippen molar-refractivity contribution in [2.45, 2.75) is 25.8 Å². The van der Waals surface area contributed by atoms with Crippen molar-refractivity contribution < 1.29 is 9.47 Å². The number of hydrogen-bond donors (Lipinski definition) is 1. The number of hydrogen-bond acceptors (Lipinski definition) is 3. The summed E-state index contributed by atoms with van der Waals surface area (Å²) in [6, 6.07) is 15.8. The van der Waals surface area contributed by atoms with Crippen LogP contribution in [0.25, 0.3) is 0 Å². The molecule has 21 heavy (non-hydrogen) atoms. The molecule has 1 unspecified atom stereocenters. The highest BCUT2D eigenvalue weighted by Gasteiger charge is 2.27. The molecule has 112 valence electrons. The van der Waals surface area contributed by atoms with Gasteiger partial charge in [0.1, 0.15) is 11.5 Å². The van der Waals surface area contributed by atoms with Gasteiger partial charge < -0.3 is 15.2 Å². The average Bonchev–Trinajstić information content (AvgIpc) is 2.53. The van der Waals surface area contributed by atoms with Crippen molar-refractivity contribution in [1.29, 1.82) is 0 Å². The van der Waals surface area contributed by atoms with E-state index < -0.39 is 5.54 Å². The summed E-state index contributed by atoms with van der Waals surface area (Å²) >= 11 is 0. The quantitative estimate of drug-likeness (QED) is 0.880. The molecule has 0 aromatic heterocycles. The second kappa shape index (κ2) is 6.64. The van der Waals surface area contributed by atoms with Crippen LogP contribution in [0.5, 0.6) is 11.5 Å². The zero-order valence-electron chi connectivity index (χ0n) is 12.9.